The fraction of sp³-hybridized carbons (Fsp3) is 0.367. The normalized spacial score (nSPS) is 25.7. The predicted molar refractivity (Wildman–Crippen MR) is 150 cm³/mol. The third-order valence-corrected chi connectivity index (χ3v) is 12.4. The van der Waals surface area contributed by atoms with E-state index in [-0.39, 0.29) is 31.5 Å². The molecule has 0 aliphatic carbocycles. The molecule has 0 aromatic heterocycles. The maximum Gasteiger partial charge on any atom is 0.102 e. The zero-order valence-corrected chi connectivity index (χ0v) is 24.7. The number of rotatable bonds is 4. The van der Waals surface area contributed by atoms with Crippen LogP contribution < -0.4 is 5.30 Å². The van der Waals surface area contributed by atoms with Crippen molar-refractivity contribution in [2.75, 3.05) is 14.1 Å². The SMILES string of the molecule is CC(c1[c-]ccc2ccccc12)N(C)C.CC1=C(C)C2C(C(=O)[S-])C(C)C1[PH+]2c1ccccc1.[Pd]. The molecular weight excluding hydrogens is 560 g/mol. The summed E-state index contributed by atoms with van der Waals surface area (Å²) >= 11 is 5.03. The predicted octanol–water partition coefficient (Wildman–Crippen LogP) is 6.21. The molecule has 0 saturated carbocycles. The molecule has 0 radical (unpaired) electrons. The van der Waals surface area contributed by atoms with Gasteiger partial charge in [0, 0.05) is 51.3 Å². The zero-order chi connectivity index (χ0) is 24.6. The molecule has 188 valence electrons. The standard InChI is InChI=1S/C16H19OPS.C14H16N.Pd/c1-9-10(2)15-13(16(17)19)11(3)14(9)18(15)12-7-5-4-6-8-12;1-11(15(2)3)13-10-6-8-12-7-4-5-9-14(12)13;/h4-8,11,13-15H,1-3H3,(H,17,19);4-9,11H,1-3H3;/q;-1;. The third-order valence-electron chi connectivity index (χ3n) is 8.00. The van der Waals surface area contributed by atoms with Crippen LogP contribution in [-0.4, -0.2) is 35.4 Å². The summed E-state index contributed by atoms with van der Waals surface area (Å²) in [4.78, 5) is 14.1. The van der Waals surface area contributed by atoms with Gasteiger partial charge >= 0.3 is 0 Å². The van der Waals surface area contributed by atoms with Crippen molar-refractivity contribution in [2.24, 2.45) is 11.8 Å². The van der Waals surface area contributed by atoms with E-state index < -0.39 is 7.92 Å². The Labute approximate surface area is 231 Å². The van der Waals surface area contributed by atoms with Crippen LogP contribution in [0.1, 0.15) is 39.3 Å². The van der Waals surface area contributed by atoms with E-state index in [9.17, 15) is 4.79 Å². The minimum Gasteiger partial charge on any atom is -0.742 e. The Balaban J connectivity index is 0.000000195. The van der Waals surface area contributed by atoms with Gasteiger partial charge in [-0.2, -0.15) is 18.2 Å². The van der Waals surface area contributed by atoms with Gasteiger partial charge in [-0.1, -0.05) is 43.3 Å². The Kier molecular flexibility index (Phi) is 9.47. The molecule has 2 heterocycles. The summed E-state index contributed by atoms with van der Waals surface area (Å²) in [5.41, 5.74) is 5.27. The van der Waals surface area contributed by atoms with E-state index in [1.807, 2.05) is 6.07 Å². The number of carbonyl (C=O) groups excluding carboxylic acids is 1. The summed E-state index contributed by atoms with van der Waals surface area (Å²) in [7, 11) is 3.46. The van der Waals surface area contributed by atoms with Crippen molar-refractivity contribution in [1.82, 2.24) is 4.90 Å². The zero-order valence-electron chi connectivity index (χ0n) is 21.3. The van der Waals surface area contributed by atoms with Gasteiger partial charge in [-0.05, 0) is 58.1 Å². The van der Waals surface area contributed by atoms with E-state index in [1.54, 1.807) is 0 Å². The van der Waals surface area contributed by atoms with Crippen LogP contribution in [0.25, 0.3) is 10.8 Å². The van der Waals surface area contributed by atoms with E-state index in [0.29, 0.717) is 23.3 Å². The van der Waals surface area contributed by atoms with Crippen molar-refractivity contribution < 1.29 is 25.2 Å². The smallest absolute Gasteiger partial charge is 0.102 e. The van der Waals surface area contributed by atoms with Crippen molar-refractivity contribution in [1.29, 1.82) is 0 Å². The number of benzene rings is 3. The first-order chi connectivity index (χ1) is 16.2. The molecule has 1 saturated heterocycles. The Bertz CT molecular complexity index is 1210. The average molecular weight is 595 g/mol. The van der Waals surface area contributed by atoms with Gasteiger partial charge in [0.1, 0.15) is 5.66 Å². The maximum absolute atomic E-state index is 11.9. The average Bonchev–Trinajstić information content (AvgIpc) is 3.28. The minimum absolute atomic E-state index is 0. The molecule has 5 rings (SSSR count). The van der Waals surface area contributed by atoms with Crippen molar-refractivity contribution in [2.45, 2.75) is 45.1 Å². The summed E-state index contributed by atoms with van der Waals surface area (Å²) in [5.74, 6) is 0.505. The number of carbonyl (C=O) groups is 1. The molecule has 1 fully saturated rings. The first-order valence-corrected chi connectivity index (χ1v) is 14.2. The molecule has 2 bridgehead atoms. The van der Waals surface area contributed by atoms with Gasteiger partial charge in [0.2, 0.25) is 0 Å². The van der Waals surface area contributed by atoms with Gasteiger partial charge in [-0.25, -0.2) is 0 Å². The van der Waals surface area contributed by atoms with E-state index in [4.69, 9.17) is 12.6 Å². The van der Waals surface area contributed by atoms with Crippen LogP contribution in [0.3, 0.4) is 0 Å². The van der Waals surface area contributed by atoms with Crippen LogP contribution >= 0.6 is 7.92 Å². The molecular formula is C30H35NOPPdS-. The van der Waals surface area contributed by atoms with Crippen LogP contribution in [-0.2, 0) is 37.8 Å². The molecule has 3 aromatic carbocycles. The molecule has 2 nitrogen and oxygen atoms in total. The molecule has 2 aliphatic heterocycles. The Hall–Kier alpha value is -1.40. The molecule has 6 atom stereocenters. The van der Waals surface area contributed by atoms with Gasteiger partial charge in [0.25, 0.3) is 0 Å². The number of hydrogen-bond acceptors (Lipinski definition) is 3. The maximum atomic E-state index is 11.9. The molecule has 2 aliphatic rings. The summed E-state index contributed by atoms with van der Waals surface area (Å²) in [6, 6.07) is 27.1. The fourth-order valence-corrected chi connectivity index (χ4v) is 11.1. The van der Waals surface area contributed by atoms with E-state index in [1.165, 1.54) is 32.8 Å². The second-order valence-corrected chi connectivity index (χ2v) is 13.1. The van der Waals surface area contributed by atoms with Gasteiger partial charge in [0.15, 0.2) is 0 Å². The fourth-order valence-electron chi connectivity index (χ4n) is 5.93. The van der Waals surface area contributed by atoms with Gasteiger partial charge in [0.05, 0.1) is 11.0 Å². The van der Waals surface area contributed by atoms with Crippen molar-refractivity contribution in [3.05, 3.63) is 89.5 Å². The molecule has 0 spiro atoms. The first-order valence-electron chi connectivity index (χ1n) is 12.1. The second kappa shape index (κ2) is 11.8. The van der Waals surface area contributed by atoms with Gasteiger partial charge < -0.3 is 22.3 Å². The molecule has 3 aromatic rings. The van der Waals surface area contributed by atoms with Crippen LogP contribution in [0.15, 0.2) is 77.9 Å². The molecule has 0 amide bonds. The molecule has 35 heavy (non-hydrogen) atoms. The molecule has 0 N–H and O–H groups in total. The number of hydrogen-bond donors (Lipinski definition) is 0. The van der Waals surface area contributed by atoms with Crippen LogP contribution in [0, 0.1) is 17.9 Å². The number of fused-ring (bicyclic) bond motifs is 3. The quantitative estimate of drug-likeness (QED) is 0.118. The van der Waals surface area contributed by atoms with Crippen molar-refractivity contribution >= 4 is 41.7 Å². The number of nitrogens with zero attached hydrogens (tertiary/aromatic N) is 1. The first kappa shape index (κ1) is 28.2. The van der Waals surface area contributed by atoms with Crippen LogP contribution in [0.5, 0.6) is 0 Å². The van der Waals surface area contributed by atoms with E-state index >= 15 is 0 Å². The minimum atomic E-state index is -0.734. The van der Waals surface area contributed by atoms with E-state index in [0.717, 1.165) is 0 Å². The van der Waals surface area contributed by atoms with E-state index in [2.05, 4.69) is 113 Å². The van der Waals surface area contributed by atoms with Crippen molar-refractivity contribution in [3.8, 4) is 0 Å². The van der Waals surface area contributed by atoms with Gasteiger partial charge in [-0.3, -0.25) is 0 Å². The topological polar surface area (TPSA) is 20.3 Å². The summed E-state index contributed by atoms with van der Waals surface area (Å²) in [6.07, 6.45) is 0. The summed E-state index contributed by atoms with van der Waals surface area (Å²) in [5, 5.41) is 4.04. The molecule has 6 unspecified atom stereocenters. The third kappa shape index (κ3) is 5.34. The Morgan fingerprint density at radius 1 is 0.971 bits per heavy atom. The number of allylic oxidation sites excluding steroid dienone is 2. The van der Waals surface area contributed by atoms with Crippen molar-refractivity contribution in [3.63, 3.8) is 0 Å². The van der Waals surface area contributed by atoms with Crippen LogP contribution in [0.4, 0.5) is 0 Å². The summed E-state index contributed by atoms with van der Waals surface area (Å²) < 4.78 is 0. The van der Waals surface area contributed by atoms with Crippen LogP contribution in [0.2, 0.25) is 0 Å². The second-order valence-electron chi connectivity index (χ2n) is 9.96. The largest absolute Gasteiger partial charge is 0.742 e. The Morgan fingerprint density at radius 2 is 1.57 bits per heavy atom. The monoisotopic (exact) mass is 594 g/mol. The Morgan fingerprint density at radius 3 is 2.20 bits per heavy atom. The van der Waals surface area contributed by atoms with Gasteiger partial charge in [-0.15, -0.1) is 22.4 Å². The summed E-state index contributed by atoms with van der Waals surface area (Å²) in [6.45, 7) is 8.90. The molecule has 5 heteroatoms.